The van der Waals surface area contributed by atoms with Gasteiger partial charge in [0, 0.05) is 6.20 Å². The van der Waals surface area contributed by atoms with Crippen molar-refractivity contribution < 1.29 is 4.74 Å². The summed E-state index contributed by atoms with van der Waals surface area (Å²) >= 11 is 3.25. The van der Waals surface area contributed by atoms with E-state index in [0.29, 0.717) is 17.8 Å². The van der Waals surface area contributed by atoms with E-state index >= 15 is 0 Å². The molecule has 7 heteroatoms. The number of nitrogens with zero attached hydrogens (tertiary/aromatic N) is 3. The highest BCUT2D eigenvalue weighted by Gasteiger charge is 2.22. The molecule has 0 spiro atoms. The number of nitrogens with two attached hydrogens (primary N) is 2. The van der Waals surface area contributed by atoms with Crippen LogP contribution in [0.4, 0.5) is 0 Å². The third kappa shape index (κ3) is 7.21. The van der Waals surface area contributed by atoms with Gasteiger partial charge in [-0.1, -0.05) is 12.7 Å². The molecule has 0 rings (SSSR count). The lowest BCUT2D eigenvalue weighted by atomic mass is 10.1. The Balaban J connectivity index is 4.04. The lowest BCUT2D eigenvalue weighted by Crippen LogP contribution is -2.51. The molecule has 0 amide bonds. The van der Waals surface area contributed by atoms with E-state index in [1.54, 1.807) is 6.08 Å². The largest absolute Gasteiger partial charge is 0.375 e. The van der Waals surface area contributed by atoms with Gasteiger partial charge in [0.1, 0.15) is 11.0 Å². The second-order valence-corrected chi connectivity index (χ2v) is 4.85. The van der Waals surface area contributed by atoms with Gasteiger partial charge in [-0.05, 0) is 35.9 Å². The molecule has 4 N–H and O–H groups in total. The van der Waals surface area contributed by atoms with Crippen molar-refractivity contribution in [1.29, 1.82) is 0 Å². The summed E-state index contributed by atoms with van der Waals surface area (Å²) in [7, 11) is 0. The van der Waals surface area contributed by atoms with Gasteiger partial charge in [0.25, 0.3) is 0 Å². The van der Waals surface area contributed by atoms with E-state index in [-0.39, 0.29) is 5.54 Å². The number of ether oxygens (including phenoxy) is 1. The van der Waals surface area contributed by atoms with E-state index in [0.717, 1.165) is 0 Å². The van der Waals surface area contributed by atoms with Crippen molar-refractivity contribution in [3.05, 3.63) is 24.9 Å². The molecule has 0 heterocycles. The summed E-state index contributed by atoms with van der Waals surface area (Å²) in [4.78, 5) is 3.92. The minimum absolute atomic E-state index is 0.386. The lowest BCUT2D eigenvalue weighted by molar-refractivity contribution is 0.0601. The Morgan fingerprint density at radius 3 is 2.78 bits per heavy atom. The van der Waals surface area contributed by atoms with E-state index in [1.807, 2.05) is 19.9 Å². The number of allylic oxidation sites excluding steroid dienone is 1. The summed E-state index contributed by atoms with van der Waals surface area (Å²) in [6.07, 6.45) is 6.44. The van der Waals surface area contributed by atoms with Crippen molar-refractivity contribution in [2.45, 2.75) is 19.4 Å². The molecule has 18 heavy (non-hydrogen) atoms. The molecular formula is C11H20BrN5O. The topological polar surface area (TPSA) is 89.2 Å². The molecule has 0 bridgehead atoms. The number of hydrazone groups is 1. The molecule has 0 radical (unpaired) electrons. The zero-order valence-electron chi connectivity index (χ0n) is 10.7. The quantitative estimate of drug-likeness (QED) is 0.232. The van der Waals surface area contributed by atoms with Gasteiger partial charge < -0.3 is 10.6 Å². The smallest absolute Gasteiger partial charge is 0.125 e. The third-order valence-corrected chi connectivity index (χ3v) is 2.50. The van der Waals surface area contributed by atoms with Crippen LogP contribution in [0.25, 0.3) is 0 Å². The summed E-state index contributed by atoms with van der Waals surface area (Å²) in [5, 5.41) is 4.77. The van der Waals surface area contributed by atoms with Crippen LogP contribution in [0.15, 0.2) is 35.0 Å². The van der Waals surface area contributed by atoms with Gasteiger partial charge in [0.15, 0.2) is 0 Å². The van der Waals surface area contributed by atoms with Crippen molar-refractivity contribution in [3.63, 3.8) is 0 Å². The fourth-order valence-electron chi connectivity index (χ4n) is 0.955. The van der Waals surface area contributed by atoms with E-state index in [1.165, 1.54) is 17.5 Å². The zero-order valence-corrected chi connectivity index (χ0v) is 12.3. The van der Waals surface area contributed by atoms with Crippen LogP contribution >= 0.6 is 15.9 Å². The van der Waals surface area contributed by atoms with Gasteiger partial charge in [0.2, 0.25) is 0 Å². The van der Waals surface area contributed by atoms with Gasteiger partial charge in [-0.25, -0.2) is 5.84 Å². The maximum absolute atomic E-state index is 5.73. The van der Waals surface area contributed by atoms with Crippen molar-refractivity contribution in [2.24, 2.45) is 21.8 Å². The second-order valence-electron chi connectivity index (χ2n) is 4.04. The number of hydrazine groups is 1. The van der Waals surface area contributed by atoms with Crippen LogP contribution in [0, 0.1) is 0 Å². The van der Waals surface area contributed by atoms with Crippen LogP contribution in [0.3, 0.4) is 0 Å². The predicted molar refractivity (Wildman–Crippen MR) is 79.3 cm³/mol. The first-order valence-corrected chi connectivity index (χ1v) is 6.09. The molecule has 0 unspecified atom stereocenters. The minimum Gasteiger partial charge on any atom is -0.375 e. The van der Waals surface area contributed by atoms with Gasteiger partial charge in [-0.3, -0.25) is 10.0 Å². The fraction of sp³-hybridized carbons (Fsp3) is 0.455. The predicted octanol–water partition coefficient (Wildman–Crippen LogP) is 1.35. The molecule has 0 saturated carbocycles. The molecule has 0 atom stereocenters. The molecule has 0 aromatic heterocycles. The highest BCUT2D eigenvalue weighted by molar-refractivity contribution is 9.18. The summed E-state index contributed by atoms with van der Waals surface area (Å²) in [6, 6.07) is 0. The summed E-state index contributed by atoms with van der Waals surface area (Å²) in [5.74, 6) is 10.8. The molecule has 0 aromatic carbocycles. The summed E-state index contributed by atoms with van der Waals surface area (Å²) in [5.41, 5.74) is -0.386. The zero-order chi connectivity index (χ0) is 14.0. The molecule has 0 saturated heterocycles. The average molecular weight is 318 g/mol. The molecule has 102 valence electrons. The van der Waals surface area contributed by atoms with Gasteiger partial charge in [0.05, 0.1) is 18.8 Å². The van der Waals surface area contributed by atoms with Crippen LogP contribution in [0.2, 0.25) is 0 Å². The second kappa shape index (κ2) is 8.84. The number of halogens is 1. The van der Waals surface area contributed by atoms with Crippen LogP contribution < -0.4 is 11.7 Å². The Hall–Kier alpha value is -1.18. The minimum atomic E-state index is -0.386. The normalized spacial score (nSPS) is 13.4. The highest BCUT2D eigenvalue weighted by atomic mass is 79.9. The van der Waals surface area contributed by atoms with E-state index < -0.39 is 0 Å². The average Bonchev–Trinajstić information content (AvgIpc) is 2.29. The molecule has 0 aliphatic heterocycles. The van der Waals surface area contributed by atoms with Crippen molar-refractivity contribution >= 4 is 26.9 Å². The van der Waals surface area contributed by atoms with Crippen molar-refractivity contribution in [3.8, 4) is 0 Å². The Bertz CT molecular complexity index is 338. The van der Waals surface area contributed by atoms with Gasteiger partial charge >= 0.3 is 0 Å². The molecule has 0 fully saturated rings. The van der Waals surface area contributed by atoms with Crippen molar-refractivity contribution in [2.75, 3.05) is 13.2 Å². The Morgan fingerprint density at radius 1 is 1.56 bits per heavy atom. The number of rotatable bonds is 8. The lowest BCUT2D eigenvalue weighted by Gasteiger charge is -2.32. The molecule has 0 aromatic rings. The highest BCUT2D eigenvalue weighted by Crippen LogP contribution is 2.08. The van der Waals surface area contributed by atoms with Crippen LogP contribution in [0.5, 0.6) is 0 Å². The molecular weight excluding hydrogens is 298 g/mol. The first-order valence-electron chi connectivity index (χ1n) is 5.30. The summed E-state index contributed by atoms with van der Waals surface area (Å²) < 4.78 is 6.17. The maximum Gasteiger partial charge on any atom is 0.125 e. The number of hydrogen-bond donors (Lipinski definition) is 2. The van der Waals surface area contributed by atoms with E-state index in [4.69, 9.17) is 16.4 Å². The number of aliphatic imine (C=N–C) groups is 1. The number of hydrogen-bond acceptors (Lipinski definition) is 5. The third-order valence-electron chi connectivity index (χ3n) is 2.03. The monoisotopic (exact) mass is 317 g/mol. The SMILES string of the molecule is C=C/N=C(Br)\C=C/COCC(C)(C)N(N)/C=N\N. The molecule has 0 aliphatic rings. The first-order chi connectivity index (χ1) is 8.44. The Labute approximate surface area is 116 Å². The van der Waals surface area contributed by atoms with Gasteiger partial charge in [-0.2, -0.15) is 5.10 Å². The fourth-order valence-corrected chi connectivity index (χ4v) is 1.29. The van der Waals surface area contributed by atoms with Crippen LogP contribution in [0.1, 0.15) is 13.8 Å². The Kier molecular flexibility index (Phi) is 8.27. The standard InChI is InChI=1S/C11H20BrN5O/c1-4-15-10(12)6-5-7-18-8-11(2,3)17(14)9-16-13/h4-6,9H,1,7-8,13-14H2,2-3H3/b6-5-,15-10+,16-9-. The van der Waals surface area contributed by atoms with Crippen LogP contribution in [-0.4, -0.2) is 34.7 Å². The molecule has 0 aliphatic carbocycles. The van der Waals surface area contributed by atoms with E-state index in [9.17, 15) is 0 Å². The van der Waals surface area contributed by atoms with Crippen molar-refractivity contribution in [1.82, 2.24) is 5.01 Å². The van der Waals surface area contributed by atoms with Crippen LogP contribution in [-0.2, 0) is 4.74 Å². The van der Waals surface area contributed by atoms with E-state index in [2.05, 4.69) is 32.6 Å². The maximum atomic E-state index is 5.73. The van der Waals surface area contributed by atoms with Gasteiger partial charge in [-0.15, -0.1) is 0 Å². The summed E-state index contributed by atoms with van der Waals surface area (Å²) in [6.45, 7) is 8.24. The Morgan fingerprint density at radius 2 is 2.22 bits per heavy atom. The first kappa shape index (κ1) is 16.8. The molecule has 6 nitrogen and oxygen atoms in total.